The van der Waals surface area contributed by atoms with Gasteiger partial charge >= 0.3 is 0 Å². The molecule has 1 aliphatic rings. The number of likely N-dealkylation sites (tertiary alicyclic amines) is 1. The van der Waals surface area contributed by atoms with E-state index in [1.807, 2.05) is 43.3 Å². The highest BCUT2D eigenvalue weighted by molar-refractivity contribution is 6.08. The Morgan fingerprint density at radius 3 is 2.56 bits per heavy atom. The highest BCUT2D eigenvalue weighted by Gasteiger charge is 2.23. The van der Waals surface area contributed by atoms with Crippen molar-refractivity contribution in [2.45, 2.75) is 38.6 Å². The summed E-state index contributed by atoms with van der Waals surface area (Å²) in [7, 11) is 1.62. The van der Waals surface area contributed by atoms with Gasteiger partial charge in [0.1, 0.15) is 16.9 Å². The van der Waals surface area contributed by atoms with Crippen LogP contribution in [0.25, 0.3) is 21.9 Å². The molecular weight excluding hydrogens is 340 g/mol. The minimum Gasteiger partial charge on any atom is -0.495 e. The fourth-order valence-corrected chi connectivity index (χ4v) is 3.90. The Kier molecular flexibility index (Phi) is 5.03. The van der Waals surface area contributed by atoms with Gasteiger partial charge in [-0.3, -0.25) is 9.69 Å². The Bertz CT molecular complexity index is 955. The van der Waals surface area contributed by atoms with E-state index in [1.54, 1.807) is 7.11 Å². The molecule has 4 rings (SSSR count). The number of carbonyl (C=O) groups excluding carboxylic acids is 1. The molecule has 0 unspecified atom stereocenters. The van der Waals surface area contributed by atoms with Crippen molar-refractivity contribution in [2.75, 3.05) is 25.5 Å². The molecular formula is C22H26N2O3. The maximum Gasteiger partial charge on any atom is 0.241 e. The van der Waals surface area contributed by atoms with Gasteiger partial charge in [-0.15, -0.1) is 0 Å². The number of amides is 1. The van der Waals surface area contributed by atoms with E-state index in [2.05, 4.69) is 10.2 Å². The van der Waals surface area contributed by atoms with Crippen LogP contribution in [-0.4, -0.2) is 37.0 Å². The molecule has 5 nitrogen and oxygen atoms in total. The van der Waals surface area contributed by atoms with Gasteiger partial charge in [0.25, 0.3) is 0 Å². The number of fused-ring (bicyclic) bond motifs is 3. The molecule has 0 spiro atoms. The standard InChI is InChI=1S/C22H26N2O3/c1-15(24-11-7-3-4-8-12-24)22(25)23-18-14-20-17(13-21(18)26-2)16-9-5-6-10-19(16)27-20/h5-6,9-10,13-15H,3-4,7-8,11-12H2,1-2H3,(H,23,25)/t15-/m1/s1. The number of furan rings is 1. The topological polar surface area (TPSA) is 54.7 Å². The van der Waals surface area contributed by atoms with E-state index >= 15 is 0 Å². The predicted molar refractivity (Wildman–Crippen MR) is 108 cm³/mol. The van der Waals surface area contributed by atoms with Crippen LogP contribution in [0.15, 0.2) is 40.8 Å². The largest absolute Gasteiger partial charge is 0.495 e. The second-order valence-electron chi connectivity index (χ2n) is 7.26. The first kappa shape index (κ1) is 17.9. The highest BCUT2D eigenvalue weighted by atomic mass is 16.5. The lowest BCUT2D eigenvalue weighted by atomic mass is 10.1. The van der Waals surface area contributed by atoms with E-state index in [-0.39, 0.29) is 11.9 Å². The van der Waals surface area contributed by atoms with E-state index in [0.717, 1.165) is 47.9 Å². The SMILES string of the molecule is COc1cc2c(cc1NC(=O)[C@@H](C)N1CCCCCC1)oc1ccccc12. The summed E-state index contributed by atoms with van der Waals surface area (Å²) < 4.78 is 11.5. The number of rotatable bonds is 4. The first-order valence-corrected chi connectivity index (χ1v) is 9.71. The molecule has 1 amide bonds. The van der Waals surface area contributed by atoms with Gasteiger partial charge < -0.3 is 14.5 Å². The zero-order valence-corrected chi connectivity index (χ0v) is 16.0. The summed E-state index contributed by atoms with van der Waals surface area (Å²) in [4.78, 5) is 15.1. The Morgan fingerprint density at radius 2 is 1.81 bits per heavy atom. The molecule has 27 heavy (non-hydrogen) atoms. The predicted octanol–water partition coefficient (Wildman–Crippen LogP) is 4.80. The lowest BCUT2D eigenvalue weighted by Gasteiger charge is -2.26. The van der Waals surface area contributed by atoms with Crippen LogP contribution in [0, 0.1) is 0 Å². The summed E-state index contributed by atoms with van der Waals surface area (Å²) in [6, 6.07) is 11.5. The van der Waals surface area contributed by atoms with Crippen molar-refractivity contribution in [3.8, 4) is 5.75 Å². The van der Waals surface area contributed by atoms with Gasteiger partial charge in [0.2, 0.25) is 5.91 Å². The van der Waals surface area contributed by atoms with Gasteiger partial charge in [-0.25, -0.2) is 0 Å². The Balaban J connectivity index is 1.62. The van der Waals surface area contributed by atoms with Crippen LogP contribution in [0.4, 0.5) is 5.69 Å². The van der Waals surface area contributed by atoms with E-state index < -0.39 is 0 Å². The third-order valence-corrected chi connectivity index (χ3v) is 5.52. The number of nitrogens with zero attached hydrogens (tertiary/aromatic N) is 1. The zero-order valence-electron chi connectivity index (χ0n) is 16.0. The van der Waals surface area contributed by atoms with Crippen molar-refractivity contribution in [2.24, 2.45) is 0 Å². The fourth-order valence-electron chi connectivity index (χ4n) is 3.90. The monoisotopic (exact) mass is 366 g/mol. The molecule has 0 saturated carbocycles. The Labute approximate surface area is 159 Å². The first-order valence-electron chi connectivity index (χ1n) is 9.71. The van der Waals surface area contributed by atoms with Crippen LogP contribution in [0.3, 0.4) is 0 Å². The summed E-state index contributed by atoms with van der Waals surface area (Å²) in [5.74, 6) is 0.635. The van der Waals surface area contributed by atoms with Gasteiger partial charge in [-0.2, -0.15) is 0 Å². The van der Waals surface area contributed by atoms with Crippen molar-refractivity contribution in [1.82, 2.24) is 4.90 Å². The number of nitrogens with one attached hydrogen (secondary N) is 1. The summed E-state index contributed by atoms with van der Waals surface area (Å²) in [5, 5.41) is 5.08. The average Bonchev–Trinajstić information content (AvgIpc) is 2.85. The van der Waals surface area contributed by atoms with Crippen molar-refractivity contribution in [3.05, 3.63) is 36.4 Å². The van der Waals surface area contributed by atoms with Gasteiger partial charge in [0.05, 0.1) is 18.8 Å². The van der Waals surface area contributed by atoms with Crippen LogP contribution in [0.2, 0.25) is 0 Å². The number of hydrogen-bond donors (Lipinski definition) is 1. The van der Waals surface area contributed by atoms with E-state index in [9.17, 15) is 4.79 Å². The Hall–Kier alpha value is -2.53. The third kappa shape index (κ3) is 3.52. The lowest BCUT2D eigenvalue weighted by Crippen LogP contribution is -2.42. The molecule has 0 aliphatic carbocycles. The van der Waals surface area contributed by atoms with Crippen molar-refractivity contribution >= 4 is 33.5 Å². The molecule has 2 aromatic carbocycles. The minimum atomic E-state index is -0.167. The van der Waals surface area contributed by atoms with E-state index in [0.29, 0.717) is 11.4 Å². The smallest absolute Gasteiger partial charge is 0.241 e. The number of methoxy groups -OCH3 is 1. The van der Waals surface area contributed by atoms with Gasteiger partial charge in [-0.05, 0) is 45.0 Å². The average molecular weight is 366 g/mol. The molecule has 0 bridgehead atoms. The first-order chi connectivity index (χ1) is 13.2. The molecule has 1 aliphatic heterocycles. The fraction of sp³-hybridized carbons (Fsp3) is 0.409. The molecule has 5 heteroatoms. The molecule has 1 aromatic heterocycles. The number of carbonyl (C=O) groups is 1. The normalized spacial score (nSPS) is 17.0. The molecule has 1 N–H and O–H groups in total. The number of para-hydroxylation sites is 1. The van der Waals surface area contributed by atoms with Gasteiger partial charge in [0, 0.05) is 16.8 Å². The number of hydrogen-bond acceptors (Lipinski definition) is 4. The molecule has 1 atom stereocenters. The molecule has 2 heterocycles. The summed E-state index contributed by atoms with van der Waals surface area (Å²) in [6.07, 6.45) is 4.82. The summed E-state index contributed by atoms with van der Waals surface area (Å²) in [6.45, 7) is 3.94. The van der Waals surface area contributed by atoms with Crippen molar-refractivity contribution in [1.29, 1.82) is 0 Å². The van der Waals surface area contributed by atoms with Crippen molar-refractivity contribution in [3.63, 3.8) is 0 Å². The van der Waals surface area contributed by atoms with Crippen LogP contribution >= 0.6 is 0 Å². The number of benzene rings is 2. The van der Waals surface area contributed by atoms with Crippen LogP contribution < -0.4 is 10.1 Å². The summed E-state index contributed by atoms with van der Waals surface area (Å²) in [5.41, 5.74) is 2.22. The second kappa shape index (κ2) is 7.61. The number of anilines is 1. The van der Waals surface area contributed by atoms with Gasteiger partial charge in [0.15, 0.2) is 0 Å². The molecule has 142 valence electrons. The van der Waals surface area contributed by atoms with Crippen LogP contribution in [0.5, 0.6) is 5.75 Å². The maximum absolute atomic E-state index is 12.9. The quantitative estimate of drug-likeness (QED) is 0.721. The number of ether oxygens (including phenoxy) is 1. The molecule has 3 aromatic rings. The molecule has 1 saturated heterocycles. The third-order valence-electron chi connectivity index (χ3n) is 5.52. The van der Waals surface area contributed by atoms with E-state index in [1.165, 1.54) is 12.8 Å². The molecule has 1 fully saturated rings. The lowest BCUT2D eigenvalue weighted by molar-refractivity contribution is -0.120. The zero-order chi connectivity index (χ0) is 18.8. The van der Waals surface area contributed by atoms with Crippen LogP contribution in [0.1, 0.15) is 32.6 Å². The Morgan fingerprint density at radius 1 is 1.07 bits per heavy atom. The summed E-state index contributed by atoms with van der Waals surface area (Å²) >= 11 is 0. The minimum absolute atomic E-state index is 0.00865. The second-order valence-corrected chi connectivity index (χ2v) is 7.26. The highest BCUT2D eigenvalue weighted by Crippen LogP contribution is 2.36. The van der Waals surface area contributed by atoms with Gasteiger partial charge in [-0.1, -0.05) is 31.0 Å². The molecule has 0 radical (unpaired) electrons. The van der Waals surface area contributed by atoms with Crippen molar-refractivity contribution < 1.29 is 13.9 Å². The van der Waals surface area contributed by atoms with Crippen LogP contribution in [-0.2, 0) is 4.79 Å². The van der Waals surface area contributed by atoms with E-state index in [4.69, 9.17) is 9.15 Å². The maximum atomic E-state index is 12.9.